The maximum absolute atomic E-state index is 12.4. The molecule has 1 atom stereocenters. The van der Waals surface area contributed by atoms with Crippen molar-refractivity contribution in [3.8, 4) is 5.75 Å². The molecule has 0 unspecified atom stereocenters. The maximum atomic E-state index is 12.4. The number of hydrogen-bond donors (Lipinski definition) is 1. The van der Waals surface area contributed by atoms with Gasteiger partial charge >= 0.3 is 0 Å². The van der Waals surface area contributed by atoms with Crippen LogP contribution in [-0.4, -0.2) is 49.1 Å². The molecular weight excluding hydrogens is 364 g/mol. The highest BCUT2D eigenvalue weighted by atomic mass is 32.2. The van der Waals surface area contributed by atoms with Gasteiger partial charge in [0.15, 0.2) is 0 Å². The largest absolute Gasteiger partial charge is 0.487 e. The van der Waals surface area contributed by atoms with Crippen molar-refractivity contribution in [2.24, 2.45) is 0 Å². The molecule has 0 radical (unpaired) electrons. The number of carbonyl (C=O) groups is 1. The van der Waals surface area contributed by atoms with Crippen LogP contribution in [0.4, 0.5) is 0 Å². The third-order valence-corrected chi connectivity index (χ3v) is 7.95. The normalized spacial score (nSPS) is 24.9. The van der Waals surface area contributed by atoms with Crippen LogP contribution >= 0.6 is 0 Å². The van der Waals surface area contributed by atoms with Crippen LogP contribution in [0, 0.1) is 0 Å². The molecule has 1 amide bonds. The zero-order valence-corrected chi connectivity index (χ0v) is 16.6. The van der Waals surface area contributed by atoms with Crippen molar-refractivity contribution in [2.45, 2.75) is 63.0 Å². The van der Waals surface area contributed by atoms with Crippen LogP contribution in [0.15, 0.2) is 24.3 Å². The van der Waals surface area contributed by atoms with Gasteiger partial charge in [-0.25, -0.2) is 12.7 Å². The van der Waals surface area contributed by atoms with Crippen molar-refractivity contribution in [2.75, 3.05) is 18.8 Å². The minimum absolute atomic E-state index is 0.111. The summed E-state index contributed by atoms with van der Waals surface area (Å²) in [7, 11) is -3.16. The number of amides is 1. The Morgan fingerprint density at radius 1 is 1.26 bits per heavy atom. The Hall–Kier alpha value is -1.60. The summed E-state index contributed by atoms with van der Waals surface area (Å²) in [5.74, 6) is 1.20. The van der Waals surface area contributed by atoms with E-state index in [1.807, 2.05) is 24.3 Å². The molecular formula is C20H28N2O4S. The number of rotatable bonds is 5. The van der Waals surface area contributed by atoms with Crippen molar-refractivity contribution < 1.29 is 17.9 Å². The van der Waals surface area contributed by atoms with Crippen LogP contribution in [-0.2, 0) is 14.8 Å². The number of piperidine rings is 1. The first-order valence-electron chi connectivity index (χ1n) is 9.96. The van der Waals surface area contributed by atoms with Crippen LogP contribution in [0.25, 0.3) is 0 Å². The Kier molecular flexibility index (Phi) is 4.93. The lowest BCUT2D eigenvalue weighted by Crippen LogP contribution is -2.52. The van der Waals surface area contributed by atoms with E-state index in [0.717, 1.165) is 30.6 Å². The number of para-hydroxylation sites is 1. The SMILES string of the molecule is CCS(=O)(=O)N1CCC2(CC1)C[C@@H](CC(=O)NC1CC1)c1ccccc1O2. The van der Waals surface area contributed by atoms with E-state index in [1.165, 1.54) is 0 Å². The lowest BCUT2D eigenvalue weighted by Gasteiger charge is -2.46. The molecule has 0 aromatic heterocycles. The van der Waals surface area contributed by atoms with Gasteiger partial charge < -0.3 is 10.1 Å². The molecule has 4 rings (SSSR count). The predicted octanol–water partition coefficient (Wildman–Crippen LogP) is 2.41. The van der Waals surface area contributed by atoms with Crippen LogP contribution in [0.3, 0.4) is 0 Å². The zero-order chi connectivity index (χ0) is 19.1. The highest BCUT2D eigenvalue weighted by Gasteiger charge is 2.45. The molecule has 7 heteroatoms. The number of nitrogens with zero attached hydrogens (tertiary/aromatic N) is 1. The van der Waals surface area contributed by atoms with Gasteiger partial charge in [-0.2, -0.15) is 0 Å². The second kappa shape index (κ2) is 7.09. The first-order valence-corrected chi connectivity index (χ1v) is 11.6. The first-order chi connectivity index (χ1) is 12.9. The zero-order valence-electron chi connectivity index (χ0n) is 15.8. The predicted molar refractivity (Wildman–Crippen MR) is 103 cm³/mol. The molecule has 1 saturated heterocycles. The summed E-state index contributed by atoms with van der Waals surface area (Å²) in [6.07, 6.45) is 4.74. The summed E-state index contributed by atoms with van der Waals surface area (Å²) < 4.78 is 32.3. The minimum Gasteiger partial charge on any atom is -0.487 e. The third kappa shape index (κ3) is 3.99. The van der Waals surface area contributed by atoms with Crippen molar-refractivity contribution in [3.63, 3.8) is 0 Å². The van der Waals surface area contributed by atoms with Crippen LogP contribution in [0.1, 0.15) is 56.9 Å². The summed E-state index contributed by atoms with van der Waals surface area (Å²) in [5, 5.41) is 3.09. The van der Waals surface area contributed by atoms with E-state index in [4.69, 9.17) is 4.74 Å². The number of benzene rings is 1. The van der Waals surface area contributed by atoms with Gasteiger partial charge in [0.25, 0.3) is 0 Å². The fourth-order valence-corrected chi connectivity index (χ4v) is 5.43. The van der Waals surface area contributed by atoms with Gasteiger partial charge in [-0.15, -0.1) is 0 Å². The molecule has 6 nitrogen and oxygen atoms in total. The number of carbonyl (C=O) groups excluding carboxylic acids is 1. The Labute approximate surface area is 161 Å². The summed E-state index contributed by atoms with van der Waals surface area (Å²) in [6.45, 7) is 2.65. The second-order valence-corrected chi connectivity index (χ2v) is 10.3. The summed E-state index contributed by atoms with van der Waals surface area (Å²) in [6, 6.07) is 8.33. The van der Waals surface area contributed by atoms with E-state index in [2.05, 4.69) is 5.32 Å². The fraction of sp³-hybridized carbons (Fsp3) is 0.650. The summed E-state index contributed by atoms with van der Waals surface area (Å²) in [5.41, 5.74) is 0.719. The smallest absolute Gasteiger partial charge is 0.220 e. The second-order valence-electron chi connectivity index (χ2n) is 8.07. The topological polar surface area (TPSA) is 75.7 Å². The molecule has 1 spiro atoms. The van der Waals surface area contributed by atoms with Gasteiger partial charge in [0, 0.05) is 44.3 Å². The number of fused-ring (bicyclic) bond motifs is 1. The Bertz CT molecular complexity index is 811. The maximum Gasteiger partial charge on any atom is 0.220 e. The van der Waals surface area contributed by atoms with E-state index in [-0.39, 0.29) is 23.2 Å². The van der Waals surface area contributed by atoms with Crippen LogP contribution < -0.4 is 10.1 Å². The lowest BCUT2D eigenvalue weighted by molar-refractivity contribution is -0.122. The third-order valence-electron chi connectivity index (χ3n) is 6.07. The van der Waals surface area contributed by atoms with E-state index >= 15 is 0 Å². The Balaban J connectivity index is 1.51. The molecule has 1 saturated carbocycles. The minimum atomic E-state index is -3.16. The highest BCUT2D eigenvalue weighted by molar-refractivity contribution is 7.89. The lowest BCUT2D eigenvalue weighted by atomic mass is 9.76. The molecule has 27 heavy (non-hydrogen) atoms. The monoisotopic (exact) mass is 392 g/mol. The molecule has 1 N–H and O–H groups in total. The average Bonchev–Trinajstić information content (AvgIpc) is 3.46. The van der Waals surface area contributed by atoms with Gasteiger partial charge in [-0.1, -0.05) is 18.2 Å². The summed E-state index contributed by atoms with van der Waals surface area (Å²) >= 11 is 0. The molecule has 2 heterocycles. The van der Waals surface area contributed by atoms with Crippen molar-refractivity contribution in [1.29, 1.82) is 0 Å². The number of ether oxygens (including phenoxy) is 1. The molecule has 148 valence electrons. The van der Waals surface area contributed by atoms with Crippen LogP contribution in [0.2, 0.25) is 0 Å². The average molecular weight is 393 g/mol. The van der Waals surface area contributed by atoms with Gasteiger partial charge in [0.05, 0.1) is 5.75 Å². The molecule has 1 aromatic rings. The molecule has 2 fully saturated rings. The Morgan fingerprint density at radius 2 is 1.96 bits per heavy atom. The number of sulfonamides is 1. The van der Waals surface area contributed by atoms with E-state index in [1.54, 1.807) is 11.2 Å². The molecule has 1 aromatic carbocycles. The number of hydrogen-bond acceptors (Lipinski definition) is 4. The van der Waals surface area contributed by atoms with Crippen molar-refractivity contribution in [1.82, 2.24) is 9.62 Å². The van der Waals surface area contributed by atoms with Crippen molar-refractivity contribution >= 4 is 15.9 Å². The summed E-state index contributed by atoms with van der Waals surface area (Å²) in [4.78, 5) is 12.4. The first kappa shape index (κ1) is 18.7. The molecule has 1 aliphatic carbocycles. The van der Waals surface area contributed by atoms with Gasteiger partial charge in [-0.05, 0) is 37.8 Å². The quantitative estimate of drug-likeness (QED) is 0.835. The van der Waals surface area contributed by atoms with Gasteiger partial charge in [0.2, 0.25) is 15.9 Å². The molecule has 3 aliphatic rings. The molecule has 2 aliphatic heterocycles. The standard InChI is InChI=1S/C20H28N2O4S/c1-2-27(24,25)22-11-9-20(10-12-22)14-15(13-19(23)21-16-7-8-16)17-5-3-4-6-18(17)26-20/h3-6,15-16H,2,7-14H2,1H3,(H,21,23)/t15-/m1/s1. The number of nitrogens with one attached hydrogen (secondary N) is 1. The van der Waals surface area contributed by atoms with Gasteiger partial charge in [0.1, 0.15) is 11.4 Å². The van der Waals surface area contributed by atoms with E-state index < -0.39 is 10.0 Å². The fourth-order valence-electron chi connectivity index (χ4n) is 4.33. The van der Waals surface area contributed by atoms with E-state index in [0.29, 0.717) is 38.4 Å². The van der Waals surface area contributed by atoms with Crippen molar-refractivity contribution in [3.05, 3.63) is 29.8 Å². The Morgan fingerprint density at radius 3 is 2.63 bits per heavy atom. The van der Waals surface area contributed by atoms with E-state index in [9.17, 15) is 13.2 Å². The highest BCUT2D eigenvalue weighted by Crippen LogP contribution is 2.46. The molecule has 0 bridgehead atoms. The van der Waals surface area contributed by atoms with Gasteiger partial charge in [-0.3, -0.25) is 4.79 Å². The van der Waals surface area contributed by atoms with Crippen LogP contribution in [0.5, 0.6) is 5.75 Å².